The number of Topliss-reactive ketones (excluding diaryl/α,β-unsaturated/α-hetero) is 1. The molecule has 1 aliphatic heterocycles. The Hall–Kier alpha value is -2.84. The van der Waals surface area contributed by atoms with Gasteiger partial charge in [-0.05, 0) is 43.1 Å². The van der Waals surface area contributed by atoms with Crippen LogP contribution in [0.25, 0.3) is 0 Å². The zero-order valence-corrected chi connectivity index (χ0v) is 18.5. The van der Waals surface area contributed by atoms with E-state index in [4.69, 9.17) is 19.4 Å². The molecule has 0 amide bonds. The molecule has 1 saturated heterocycles. The summed E-state index contributed by atoms with van der Waals surface area (Å²) in [5.74, 6) is 1.95. The Kier molecular flexibility index (Phi) is 9.55. The Morgan fingerprint density at radius 1 is 1.26 bits per heavy atom. The van der Waals surface area contributed by atoms with E-state index in [0.717, 1.165) is 50.2 Å². The summed E-state index contributed by atoms with van der Waals surface area (Å²) in [5.41, 5.74) is 1.53. The van der Waals surface area contributed by atoms with Crippen molar-refractivity contribution in [1.82, 2.24) is 9.88 Å². The highest BCUT2D eigenvalue weighted by molar-refractivity contribution is 6.35. The van der Waals surface area contributed by atoms with Crippen LogP contribution in [0.5, 0.6) is 17.4 Å². The summed E-state index contributed by atoms with van der Waals surface area (Å²) in [4.78, 5) is 18.2. The molecule has 1 N–H and O–H groups in total. The largest absolute Gasteiger partial charge is 0.493 e. The zero-order valence-electron chi connectivity index (χ0n) is 17.7. The third-order valence-electron chi connectivity index (χ3n) is 5.12. The third-order valence-corrected chi connectivity index (χ3v) is 5.12. The summed E-state index contributed by atoms with van der Waals surface area (Å²) in [6.07, 6.45) is 4.48. The molecule has 2 heterocycles. The van der Waals surface area contributed by atoms with Crippen LogP contribution in [0.1, 0.15) is 28.8 Å². The number of ether oxygens (including phenoxy) is 3. The van der Waals surface area contributed by atoms with Gasteiger partial charge in [0.2, 0.25) is 11.7 Å². The first kappa shape index (κ1) is 24.4. The average molecular weight is 450 g/mol. The number of nitrogens with zero attached hydrogens (tertiary/aromatic N) is 3. The number of aromatic nitrogens is 1. The molecule has 0 saturated carbocycles. The molecule has 8 nitrogen and oxygen atoms in total. The first-order valence-electron chi connectivity index (χ1n) is 9.86. The second kappa shape index (κ2) is 12.1. The first-order chi connectivity index (χ1) is 14.6. The Morgan fingerprint density at radius 2 is 2.06 bits per heavy atom. The third kappa shape index (κ3) is 6.83. The minimum atomic E-state index is -0.408. The van der Waals surface area contributed by atoms with E-state index in [1.54, 1.807) is 26.4 Å². The molecule has 1 fully saturated rings. The first-order valence-corrected chi connectivity index (χ1v) is 9.86. The molecule has 1 unspecified atom stereocenters. The number of likely N-dealkylation sites (tertiary alicyclic amines) is 1. The lowest BCUT2D eigenvalue weighted by Crippen LogP contribution is -2.37. The van der Waals surface area contributed by atoms with E-state index in [1.807, 2.05) is 12.1 Å². The van der Waals surface area contributed by atoms with Gasteiger partial charge in [-0.1, -0.05) is 11.2 Å². The fourth-order valence-corrected chi connectivity index (χ4v) is 3.61. The van der Waals surface area contributed by atoms with E-state index in [1.165, 1.54) is 11.8 Å². The van der Waals surface area contributed by atoms with Crippen molar-refractivity contribution in [3.8, 4) is 17.4 Å². The Morgan fingerprint density at radius 3 is 2.74 bits per heavy atom. The molecule has 1 aliphatic rings. The summed E-state index contributed by atoms with van der Waals surface area (Å²) in [7, 11) is 3.28. The van der Waals surface area contributed by atoms with Gasteiger partial charge in [-0.15, -0.1) is 12.4 Å². The quantitative estimate of drug-likeness (QED) is 0.271. The Balaban J connectivity index is 0.00000341. The lowest BCUT2D eigenvalue weighted by molar-refractivity contribution is 0.106. The lowest BCUT2D eigenvalue weighted by atomic mass is 9.98. The van der Waals surface area contributed by atoms with Gasteiger partial charge in [0.1, 0.15) is 6.21 Å². The topological polar surface area (TPSA) is 93.5 Å². The summed E-state index contributed by atoms with van der Waals surface area (Å²) in [5, 5.41) is 11.2. The number of pyridine rings is 1. The predicted octanol–water partition coefficient (Wildman–Crippen LogP) is 3.45. The molecule has 0 bridgehead atoms. The highest BCUT2D eigenvalue weighted by atomic mass is 35.5. The van der Waals surface area contributed by atoms with Crippen molar-refractivity contribution in [3.05, 3.63) is 47.7 Å². The van der Waals surface area contributed by atoms with Crippen molar-refractivity contribution in [2.45, 2.75) is 19.4 Å². The minimum absolute atomic E-state index is 0. The normalized spacial score (nSPS) is 16.5. The standard InChI is InChI=1S/C22H27N3O5.ClH/c1-28-20-7-5-16(10-21(20)29-2)13-25-9-3-4-17(14-25)15-30-22-8-6-18(11-23-22)19(26)12-24-27;/h5-8,10-12,17,27H,3-4,9,13-15H2,1-2H3;1H/b24-12+;. The van der Waals surface area contributed by atoms with Crippen LogP contribution in [-0.4, -0.2) is 61.0 Å². The molecule has 0 radical (unpaired) electrons. The van der Waals surface area contributed by atoms with Gasteiger partial charge in [0.15, 0.2) is 11.5 Å². The van der Waals surface area contributed by atoms with Crippen LogP contribution in [0, 0.1) is 5.92 Å². The summed E-state index contributed by atoms with van der Waals surface area (Å²) in [6, 6.07) is 9.29. The number of ketones is 1. The predicted molar refractivity (Wildman–Crippen MR) is 119 cm³/mol. The highest BCUT2D eigenvalue weighted by Crippen LogP contribution is 2.29. The number of oxime groups is 1. The van der Waals surface area contributed by atoms with Crippen molar-refractivity contribution in [2.24, 2.45) is 11.1 Å². The van der Waals surface area contributed by atoms with E-state index >= 15 is 0 Å². The molecule has 2 aromatic rings. The maximum Gasteiger partial charge on any atom is 0.213 e. The van der Waals surface area contributed by atoms with Gasteiger partial charge in [0, 0.05) is 36.8 Å². The van der Waals surface area contributed by atoms with Crippen LogP contribution < -0.4 is 14.2 Å². The van der Waals surface area contributed by atoms with Crippen LogP contribution in [-0.2, 0) is 6.54 Å². The average Bonchev–Trinajstić information content (AvgIpc) is 2.78. The van der Waals surface area contributed by atoms with Gasteiger partial charge in [0.05, 0.1) is 20.8 Å². The fourth-order valence-electron chi connectivity index (χ4n) is 3.61. The van der Waals surface area contributed by atoms with Crippen LogP contribution in [0.15, 0.2) is 41.7 Å². The van der Waals surface area contributed by atoms with E-state index in [2.05, 4.69) is 21.1 Å². The minimum Gasteiger partial charge on any atom is -0.493 e. The lowest BCUT2D eigenvalue weighted by Gasteiger charge is -2.32. The Bertz CT molecular complexity index is 876. The van der Waals surface area contributed by atoms with Gasteiger partial charge < -0.3 is 19.4 Å². The maximum absolute atomic E-state index is 11.6. The molecule has 9 heteroatoms. The van der Waals surface area contributed by atoms with Gasteiger partial charge in [0.25, 0.3) is 0 Å². The van der Waals surface area contributed by atoms with E-state index in [0.29, 0.717) is 24.0 Å². The van der Waals surface area contributed by atoms with E-state index < -0.39 is 5.78 Å². The fraction of sp³-hybridized carbons (Fsp3) is 0.409. The Labute approximate surface area is 188 Å². The van der Waals surface area contributed by atoms with Crippen LogP contribution in [0.4, 0.5) is 0 Å². The number of hydrogen-bond donors (Lipinski definition) is 1. The van der Waals surface area contributed by atoms with Crippen molar-refractivity contribution in [1.29, 1.82) is 0 Å². The number of carbonyl (C=O) groups is 1. The monoisotopic (exact) mass is 449 g/mol. The van der Waals surface area contributed by atoms with E-state index in [-0.39, 0.29) is 12.4 Å². The molecule has 1 aromatic carbocycles. The molecule has 168 valence electrons. The number of methoxy groups -OCH3 is 2. The van der Waals surface area contributed by atoms with Crippen molar-refractivity contribution >= 4 is 24.4 Å². The van der Waals surface area contributed by atoms with Crippen molar-refractivity contribution < 1.29 is 24.2 Å². The second-order valence-corrected chi connectivity index (χ2v) is 7.24. The van der Waals surface area contributed by atoms with Crippen LogP contribution in [0.3, 0.4) is 0 Å². The number of piperidine rings is 1. The second-order valence-electron chi connectivity index (χ2n) is 7.24. The van der Waals surface area contributed by atoms with Gasteiger partial charge in [-0.3, -0.25) is 9.69 Å². The highest BCUT2D eigenvalue weighted by Gasteiger charge is 2.21. The number of hydrogen-bond acceptors (Lipinski definition) is 8. The zero-order chi connectivity index (χ0) is 21.3. The smallest absolute Gasteiger partial charge is 0.213 e. The van der Waals surface area contributed by atoms with Crippen LogP contribution >= 0.6 is 12.4 Å². The van der Waals surface area contributed by atoms with Gasteiger partial charge in [-0.25, -0.2) is 4.98 Å². The molecule has 1 aromatic heterocycles. The van der Waals surface area contributed by atoms with E-state index in [9.17, 15) is 4.79 Å². The molecule has 0 spiro atoms. The van der Waals surface area contributed by atoms with Crippen molar-refractivity contribution in [3.63, 3.8) is 0 Å². The van der Waals surface area contributed by atoms with Crippen LogP contribution in [0.2, 0.25) is 0 Å². The molecular weight excluding hydrogens is 422 g/mol. The summed E-state index contributed by atoms with van der Waals surface area (Å²) >= 11 is 0. The van der Waals surface area contributed by atoms with Gasteiger partial charge in [-0.2, -0.15) is 0 Å². The molecule has 31 heavy (non-hydrogen) atoms. The SMILES string of the molecule is COc1ccc(CN2CCCC(COc3ccc(C(=O)/C=N/O)cn3)C2)cc1OC.Cl. The molecule has 1 atom stereocenters. The number of rotatable bonds is 9. The number of carbonyl (C=O) groups excluding carboxylic acids is 1. The van der Waals surface area contributed by atoms with Crippen molar-refractivity contribution in [2.75, 3.05) is 33.9 Å². The summed E-state index contributed by atoms with van der Waals surface area (Å²) in [6.45, 7) is 3.41. The maximum atomic E-state index is 11.6. The molecule has 3 rings (SSSR count). The molecular formula is C22H28ClN3O5. The number of halogens is 1. The number of benzene rings is 1. The molecule has 0 aliphatic carbocycles. The summed E-state index contributed by atoms with van der Waals surface area (Å²) < 4.78 is 16.5. The van der Waals surface area contributed by atoms with Gasteiger partial charge >= 0.3 is 0 Å².